The van der Waals surface area contributed by atoms with E-state index in [1.807, 2.05) is 0 Å². The molecule has 0 aliphatic carbocycles. The second-order valence-electron chi connectivity index (χ2n) is 4.83. The first-order valence-electron chi connectivity index (χ1n) is 6.82. The van der Waals surface area contributed by atoms with Crippen molar-refractivity contribution in [2.75, 3.05) is 11.9 Å². The summed E-state index contributed by atoms with van der Waals surface area (Å²) in [6.45, 7) is 0.683. The number of benzene rings is 1. The molecule has 0 saturated carbocycles. The van der Waals surface area contributed by atoms with Crippen LogP contribution in [-0.4, -0.2) is 22.2 Å². The van der Waals surface area contributed by atoms with Crippen LogP contribution in [0, 0.1) is 0 Å². The Morgan fingerprint density at radius 1 is 1.33 bits per heavy atom. The molecule has 2 rings (SSSR count). The zero-order chi connectivity index (χ0) is 15.3. The van der Waals surface area contributed by atoms with E-state index in [4.69, 9.17) is 14.8 Å². The number of hydrogen-bond acceptors (Lipinski definition) is 6. The summed E-state index contributed by atoms with van der Waals surface area (Å²) in [7, 11) is -3.73. The Hall–Kier alpha value is -1.24. The lowest BCUT2D eigenvalue weighted by Crippen LogP contribution is -2.14. The van der Waals surface area contributed by atoms with Gasteiger partial charge >= 0.3 is 8.17 Å². The molecule has 1 heterocycles. The van der Waals surface area contributed by atoms with Gasteiger partial charge < -0.3 is 11.1 Å². The second kappa shape index (κ2) is 7.15. The summed E-state index contributed by atoms with van der Waals surface area (Å²) in [5.41, 5.74) is 6.69. The Balaban J connectivity index is 1.89. The Morgan fingerprint density at radius 2 is 2.14 bits per heavy atom. The van der Waals surface area contributed by atoms with Gasteiger partial charge in [0.2, 0.25) is 5.91 Å². The fourth-order valence-electron chi connectivity index (χ4n) is 2.00. The van der Waals surface area contributed by atoms with Gasteiger partial charge in [-0.05, 0) is 37.6 Å². The molecule has 0 spiro atoms. The molecule has 0 fully saturated rings. The van der Waals surface area contributed by atoms with Crippen LogP contribution in [0.5, 0.6) is 5.75 Å². The van der Waals surface area contributed by atoms with E-state index in [2.05, 4.69) is 5.32 Å². The SMILES string of the molecule is NCCCCCC(=O)Nc1ccc2c(c1)CO[P+](O)(O)O2. The Bertz CT molecular complexity index is 509. The van der Waals surface area contributed by atoms with Crippen molar-refractivity contribution >= 4 is 19.8 Å². The molecule has 0 aromatic heterocycles. The van der Waals surface area contributed by atoms with Gasteiger partial charge in [-0.25, -0.2) is 0 Å². The molecule has 0 bridgehead atoms. The highest BCUT2D eigenvalue weighted by atomic mass is 31.2. The molecule has 1 aliphatic rings. The number of hydrogen-bond donors (Lipinski definition) is 4. The predicted octanol–water partition coefficient (Wildman–Crippen LogP) is 1.72. The van der Waals surface area contributed by atoms with Crippen molar-refractivity contribution in [2.45, 2.75) is 32.3 Å². The molecule has 0 unspecified atom stereocenters. The van der Waals surface area contributed by atoms with Crippen molar-refractivity contribution in [3.8, 4) is 5.75 Å². The zero-order valence-corrected chi connectivity index (χ0v) is 12.5. The number of nitrogens with one attached hydrogen (secondary N) is 1. The van der Waals surface area contributed by atoms with Crippen LogP contribution in [0.3, 0.4) is 0 Å². The van der Waals surface area contributed by atoms with Crippen LogP contribution in [0.1, 0.15) is 31.2 Å². The smallest absolute Gasteiger partial charge is 0.330 e. The summed E-state index contributed by atoms with van der Waals surface area (Å²) in [4.78, 5) is 30.4. The third-order valence-electron chi connectivity index (χ3n) is 3.06. The van der Waals surface area contributed by atoms with Crippen LogP contribution in [0.15, 0.2) is 18.2 Å². The van der Waals surface area contributed by atoms with Gasteiger partial charge in [0.1, 0.15) is 6.61 Å². The fraction of sp³-hybridized carbons (Fsp3) is 0.462. The van der Waals surface area contributed by atoms with Gasteiger partial charge in [-0.2, -0.15) is 9.79 Å². The van der Waals surface area contributed by atoms with E-state index in [1.54, 1.807) is 18.2 Å². The van der Waals surface area contributed by atoms with E-state index in [-0.39, 0.29) is 12.5 Å². The molecular formula is C13H20N2O5P+. The summed E-state index contributed by atoms with van der Waals surface area (Å²) < 4.78 is 9.77. The van der Waals surface area contributed by atoms with Crippen molar-refractivity contribution in [3.63, 3.8) is 0 Å². The first-order chi connectivity index (χ1) is 10.00. The first-order valence-corrected chi connectivity index (χ1v) is 8.35. The number of fused-ring (bicyclic) bond motifs is 1. The van der Waals surface area contributed by atoms with Crippen LogP contribution < -0.4 is 15.6 Å². The first kappa shape index (κ1) is 16.1. The average Bonchev–Trinajstić information content (AvgIpc) is 2.43. The number of anilines is 1. The van der Waals surface area contributed by atoms with Gasteiger partial charge in [0, 0.05) is 17.7 Å². The van der Waals surface area contributed by atoms with Gasteiger partial charge in [-0.15, -0.1) is 4.52 Å². The summed E-state index contributed by atoms with van der Waals surface area (Å²) >= 11 is 0. The summed E-state index contributed by atoms with van der Waals surface area (Å²) in [5.74, 6) is 0.302. The van der Waals surface area contributed by atoms with Crippen molar-refractivity contribution in [1.29, 1.82) is 0 Å². The predicted molar refractivity (Wildman–Crippen MR) is 79.4 cm³/mol. The third-order valence-corrected chi connectivity index (χ3v) is 3.96. The minimum atomic E-state index is -3.73. The lowest BCUT2D eigenvalue weighted by Gasteiger charge is -2.18. The number of unbranched alkanes of at least 4 members (excludes halogenated alkanes) is 2. The Labute approximate surface area is 123 Å². The normalized spacial score (nSPS) is 16.0. The molecular weight excluding hydrogens is 295 g/mol. The monoisotopic (exact) mass is 315 g/mol. The van der Waals surface area contributed by atoms with Crippen LogP contribution in [0.4, 0.5) is 5.69 Å². The maximum atomic E-state index is 11.8. The Morgan fingerprint density at radius 3 is 2.90 bits per heavy atom. The number of nitrogens with two attached hydrogens (primary N) is 1. The summed E-state index contributed by atoms with van der Waals surface area (Å²) in [6, 6.07) is 4.94. The molecule has 1 amide bonds. The van der Waals surface area contributed by atoms with E-state index >= 15 is 0 Å². The third kappa shape index (κ3) is 4.91. The van der Waals surface area contributed by atoms with E-state index in [1.165, 1.54) is 0 Å². The summed E-state index contributed by atoms with van der Waals surface area (Å²) in [5, 5.41) is 2.79. The maximum absolute atomic E-state index is 11.8. The minimum absolute atomic E-state index is 0.0380. The molecule has 1 aliphatic heterocycles. The number of carbonyl (C=O) groups is 1. The van der Waals surface area contributed by atoms with Crippen molar-refractivity contribution in [2.24, 2.45) is 5.73 Å². The summed E-state index contributed by atoms with van der Waals surface area (Å²) in [6.07, 6.45) is 3.12. The quantitative estimate of drug-likeness (QED) is 0.469. The zero-order valence-electron chi connectivity index (χ0n) is 11.6. The van der Waals surface area contributed by atoms with E-state index in [0.717, 1.165) is 19.3 Å². The molecule has 1 aromatic carbocycles. The molecule has 116 valence electrons. The topological polar surface area (TPSA) is 114 Å². The van der Waals surface area contributed by atoms with Crippen LogP contribution >= 0.6 is 8.17 Å². The number of rotatable bonds is 6. The lowest BCUT2D eigenvalue weighted by molar-refractivity contribution is -0.116. The van der Waals surface area contributed by atoms with E-state index in [0.29, 0.717) is 30.0 Å². The van der Waals surface area contributed by atoms with E-state index in [9.17, 15) is 14.6 Å². The van der Waals surface area contributed by atoms with Crippen molar-refractivity contribution < 1.29 is 23.6 Å². The largest absolute Gasteiger partial charge is 0.616 e. The molecule has 0 atom stereocenters. The minimum Gasteiger partial charge on any atom is -0.330 e. The van der Waals surface area contributed by atoms with Gasteiger partial charge in [-0.1, -0.05) is 6.42 Å². The molecule has 0 radical (unpaired) electrons. The molecule has 0 saturated heterocycles. The number of amides is 1. The van der Waals surface area contributed by atoms with Crippen LogP contribution in [0.25, 0.3) is 0 Å². The standard InChI is InChI=1S/C13H19N2O5P/c14-7-3-1-2-4-13(16)15-11-5-6-12-10(8-11)9-19-21(17,18)20-12/h5-6,8,17-18H,1-4,7,9,14H2/p+1. The van der Waals surface area contributed by atoms with E-state index < -0.39 is 8.17 Å². The molecule has 5 N–H and O–H groups in total. The second-order valence-corrected chi connectivity index (χ2v) is 6.25. The number of carbonyl (C=O) groups excluding carboxylic acids is 1. The van der Waals surface area contributed by atoms with Crippen molar-refractivity contribution in [1.82, 2.24) is 0 Å². The van der Waals surface area contributed by atoms with Gasteiger partial charge in [0.25, 0.3) is 0 Å². The maximum Gasteiger partial charge on any atom is 0.616 e. The Kier molecular flexibility index (Phi) is 5.50. The highest BCUT2D eigenvalue weighted by molar-refractivity contribution is 7.54. The van der Waals surface area contributed by atoms with Gasteiger partial charge in [0.05, 0.1) is 0 Å². The van der Waals surface area contributed by atoms with Crippen LogP contribution in [0.2, 0.25) is 0 Å². The average molecular weight is 315 g/mol. The fourth-order valence-corrected chi connectivity index (χ4v) is 2.79. The lowest BCUT2D eigenvalue weighted by atomic mass is 10.1. The van der Waals surface area contributed by atoms with Crippen molar-refractivity contribution in [3.05, 3.63) is 23.8 Å². The molecule has 1 aromatic rings. The van der Waals surface area contributed by atoms with Crippen LogP contribution in [-0.2, 0) is 15.9 Å². The highest BCUT2D eigenvalue weighted by Crippen LogP contribution is 2.56. The van der Waals surface area contributed by atoms with Gasteiger partial charge in [0.15, 0.2) is 5.75 Å². The van der Waals surface area contributed by atoms with Gasteiger partial charge in [-0.3, -0.25) is 9.32 Å². The molecule has 7 nitrogen and oxygen atoms in total. The molecule has 21 heavy (non-hydrogen) atoms. The molecule has 8 heteroatoms. The highest BCUT2D eigenvalue weighted by Gasteiger charge is 2.45.